The Labute approximate surface area is 99.9 Å². The summed E-state index contributed by atoms with van der Waals surface area (Å²) in [5.41, 5.74) is 13.7. The fourth-order valence-corrected chi connectivity index (χ4v) is 1.56. The maximum atomic E-state index is 6.04. The van der Waals surface area contributed by atoms with Crippen molar-refractivity contribution in [3.8, 4) is 0 Å². The number of aromatic nitrogens is 3. The zero-order chi connectivity index (χ0) is 12.3. The Kier molecular flexibility index (Phi) is 3.30. The second-order valence-electron chi connectivity index (χ2n) is 4.02. The van der Waals surface area contributed by atoms with Crippen LogP contribution >= 0.6 is 0 Å². The van der Waals surface area contributed by atoms with E-state index in [4.69, 9.17) is 11.5 Å². The van der Waals surface area contributed by atoms with Gasteiger partial charge in [0.05, 0.1) is 6.04 Å². The van der Waals surface area contributed by atoms with Crippen LogP contribution in [0.15, 0.2) is 30.7 Å². The average molecular weight is 229 g/mol. The van der Waals surface area contributed by atoms with Crippen molar-refractivity contribution in [1.29, 1.82) is 0 Å². The predicted molar refractivity (Wildman–Crippen MR) is 66.1 cm³/mol. The topological polar surface area (TPSA) is 90.7 Å². The summed E-state index contributed by atoms with van der Waals surface area (Å²) in [4.78, 5) is 12.4. The van der Waals surface area contributed by atoms with Gasteiger partial charge in [-0.15, -0.1) is 0 Å². The minimum Gasteiger partial charge on any atom is -0.384 e. The van der Waals surface area contributed by atoms with E-state index >= 15 is 0 Å². The molecule has 17 heavy (non-hydrogen) atoms. The van der Waals surface area contributed by atoms with Crippen LogP contribution in [0.5, 0.6) is 0 Å². The van der Waals surface area contributed by atoms with Crippen LogP contribution in [-0.4, -0.2) is 15.0 Å². The van der Waals surface area contributed by atoms with Crippen LogP contribution in [0.25, 0.3) is 0 Å². The number of anilines is 1. The van der Waals surface area contributed by atoms with E-state index in [1.165, 1.54) is 0 Å². The molecular weight excluding hydrogens is 214 g/mol. The van der Waals surface area contributed by atoms with Crippen molar-refractivity contribution in [1.82, 2.24) is 15.0 Å². The van der Waals surface area contributed by atoms with E-state index in [0.29, 0.717) is 18.1 Å². The molecule has 1 unspecified atom stereocenters. The van der Waals surface area contributed by atoms with Crippen molar-refractivity contribution < 1.29 is 0 Å². The average Bonchev–Trinajstić information content (AvgIpc) is 2.29. The molecule has 2 aromatic heterocycles. The van der Waals surface area contributed by atoms with Crippen LogP contribution in [0.1, 0.15) is 23.0 Å². The molecule has 0 radical (unpaired) electrons. The van der Waals surface area contributed by atoms with E-state index < -0.39 is 0 Å². The summed E-state index contributed by atoms with van der Waals surface area (Å²) >= 11 is 0. The maximum Gasteiger partial charge on any atom is 0.145 e. The van der Waals surface area contributed by atoms with Gasteiger partial charge in [-0.25, -0.2) is 15.0 Å². The zero-order valence-corrected chi connectivity index (χ0v) is 9.67. The van der Waals surface area contributed by atoms with E-state index in [2.05, 4.69) is 15.0 Å². The fraction of sp³-hybridized carbons (Fsp3) is 0.250. The van der Waals surface area contributed by atoms with Gasteiger partial charge in [0.2, 0.25) is 0 Å². The van der Waals surface area contributed by atoms with E-state index in [1.807, 2.05) is 19.1 Å². The molecule has 0 amide bonds. The molecule has 5 heteroatoms. The Bertz CT molecular complexity index is 495. The summed E-state index contributed by atoms with van der Waals surface area (Å²) < 4.78 is 0. The number of hydrogen-bond acceptors (Lipinski definition) is 5. The Hall–Kier alpha value is -2.01. The van der Waals surface area contributed by atoms with Gasteiger partial charge < -0.3 is 11.5 Å². The number of aryl methyl sites for hydroxylation is 1. The maximum absolute atomic E-state index is 6.04. The van der Waals surface area contributed by atoms with E-state index in [1.54, 1.807) is 18.6 Å². The van der Waals surface area contributed by atoms with Gasteiger partial charge in [0, 0.05) is 18.6 Å². The molecule has 2 rings (SSSR count). The van der Waals surface area contributed by atoms with Crippen LogP contribution in [0.4, 0.5) is 5.82 Å². The lowest BCUT2D eigenvalue weighted by Gasteiger charge is -2.10. The Morgan fingerprint density at radius 1 is 1.24 bits per heavy atom. The lowest BCUT2D eigenvalue weighted by atomic mass is 10.1. The van der Waals surface area contributed by atoms with Crippen LogP contribution < -0.4 is 11.5 Å². The lowest BCUT2D eigenvalue weighted by Crippen LogP contribution is -2.16. The van der Waals surface area contributed by atoms with Gasteiger partial charge in [-0.2, -0.15) is 0 Å². The first kappa shape index (κ1) is 11.5. The van der Waals surface area contributed by atoms with Crippen molar-refractivity contribution >= 4 is 5.82 Å². The van der Waals surface area contributed by atoms with Crippen LogP contribution in [0.2, 0.25) is 0 Å². The zero-order valence-electron chi connectivity index (χ0n) is 9.67. The molecule has 1 atom stereocenters. The number of pyridine rings is 1. The van der Waals surface area contributed by atoms with Crippen LogP contribution in [0.3, 0.4) is 0 Å². The molecule has 0 aliphatic carbocycles. The number of rotatable bonds is 3. The minimum absolute atomic E-state index is 0.225. The highest BCUT2D eigenvalue weighted by Gasteiger charge is 2.10. The molecule has 88 valence electrons. The second-order valence-corrected chi connectivity index (χ2v) is 4.02. The normalized spacial score (nSPS) is 12.4. The molecule has 0 bridgehead atoms. The summed E-state index contributed by atoms with van der Waals surface area (Å²) in [6.45, 7) is 1.94. The molecule has 0 aliphatic rings. The van der Waals surface area contributed by atoms with Crippen molar-refractivity contribution in [3.05, 3.63) is 47.7 Å². The fourth-order valence-electron chi connectivity index (χ4n) is 1.56. The van der Waals surface area contributed by atoms with Gasteiger partial charge in [-0.1, -0.05) is 0 Å². The van der Waals surface area contributed by atoms with E-state index in [0.717, 1.165) is 11.1 Å². The molecule has 0 spiro atoms. The van der Waals surface area contributed by atoms with Gasteiger partial charge >= 0.3 is 0 Å². The molecule has 2 heterocycles. The van der Waals surface area contributed by atoms with E-state index in [-0.39, 0.29) is 6.04 Å². The number of nitrogen functional groups attached to an aromatic ring is 1. The molecule has 4 N–H and O–H groups in total. The smallest absolute Gasteiger partial charge is 0.145 e. The lowest BCUT2D eigenvalue weighted by molar-refractivity contribution is 0.665. The molecule has 0 fully saturated rings. The first-order valence-corrected chi connectivity index (χ1v) is 5.39. The van der Waals surface area contributed by atoms with Gasteiger partial charge in [0.15, 0.2) is 0 Å². The Morgan fingerprint density at radius 3 is 2.59 bits per heavy atom. The summed E-state index contributed by atoms with van der Waals surface area (Å²) in [7, 11) is 0. The van der Waals surface area contributed by atoms with Crippen molar-refractivity contribution in [2.45, 2.75) is 19.4 Å². The quantitative estimate of drug-likeness (QED) is 0.819. The third kappa shape index (κ3) is 2.98. The standard InChI is InChI=1S/C12H15N5/c1-8-6-16-12(17-7-8)10(13)4-9-2-3-15-11(14)5-9/h2-3,5-7,10H,4,13H2,1H3,(H2,14,15). The van der Waals surface area contributed by atoms with Gasteiger partial charge in [0.1, 0.15) is 11.6 Å². The monoisotopic (exact) mass is 229 g/mol. The van der Waals surface area contributed by atoms with Crippen molar-refractivity contribution in [2.75, 3.05) is 5.73 Å². The number of nitrogens with two attached hydrogens (primary N) is 2. The molecule has 0 aromatic carbocycles. The largest absolute Gasteiger partial charge is 0.384 e. The molecule has 2 aromatic rings. The van der Waals surface area contributed by atoms with Gasteiger partial charge in [-0.05, 0) is 36.6 Å². The van der Waals surface area contributed by atoms with Gasteiger partial charge in [0.25, 0.3) is 0 Å². The minimum atomic E-state index is -0.225. The van der Waals surface area contributed by atoms with Crippen LogP contribution in [-0.2, 0) is 6.42 Å². The summed E-state index contributed by atoms with van der Waals surface area (Å²) in [5, 5.41) is 0. The first-order chi connectivity index (χ1) is 8.15. The SMILES string of the molecule is Cc1cnc(C(N)Cc2ccnc(N)c2)nc1. The third-order valence-corrected chi connectivity index (χ3v) is 2.43. The van der Waals surface area contributed by atoms with Crippen molar-refractivity contribution in [3.63, 3.8) is 0 Å². The highest BCUT2D eigenvalue weighted by molar-refractivity contribution is 5.32. The summed E-state index contributed by atoms with van der Waals surface area (Å²) in [6.07, 6.45) is 5.86. The van der Waals surface area contributed by atoms with E-state index in [9.17, 15) is 0 Å². The highest BCUT2D eigenvalue weighted by atomic mass is 14.9. The molecule has 0 aliphatic heterocycles. The first-order valence-electron chi connectivity index (χ1n) is 5.39. The highest BCUT2D eigenvalue weighted by Crippen LogP contribution is 2.13. The summed E-state index contributed by atoms with van der Waals surface area (Å²) in [6, 6.07) is 3.48. The molecule has 0 saturated carbocycles. The van der Waals surface area contributed by atoms with Crippen LogP contribution in [0, 0.1) is 6.92 Å². The molecular formula is C12H15N5. The number of nitrogens with zero attached hydrogens (tertiary/aromatic N) is 3. The van der Waals surface area contributed by atoms with Gasteiger partial charge in [-0.3, -0.25) is 0 Å². The predicted octanol–water partition coefficient (Wildman–Crippen LogP) is 1.00. The molecule has 5 nitrogen and oxygen atoms in total. The van der Waals surface area contributed by atoms with Crippen molar-refractivity contribution in [2.24, 2.45) is 5.73 Å². The number of hydrogen-bond donors (Lipinski definition) is 2. The second kappa shape index (κ2) is 4.88. The Balaban J connectivity index is 2.11. The summed E-state index contributed by atoms with van der Waals surface area (Å²) in [5.74, 6) is 1.14. The Morgan fingerprint density at radius 2 is 1.94 bits per heavy atom. The molecule has 0 saturated heterocycles. The third-order valence-electron chi connectivity index (χ3n) is 2.43.